The fourth-order valence-corrected chi connectivity index (χ4v) is 1.58. The highest BCUT2D eigenvalue weighted by atomic mass is 16.4. The summed E-state index contributed by atoms with van der Waals surface area (Å²) in [5, 5.41) is 0.152. The van der Waals surface area contributed by atoms with Crippen molar-refractivity contribution in [1.82, 2.24) is 9.97 Å². The summed E-state index contributed by atoms with van der Waals surface area (Å²) in [6.45, 7) is 0. The third kappa shape index (κ3) is 2.03. The molecule has 17 heavy (non-hydrogen) atoms. The van der Waals surface area contributed by atoms with Gasteiger partial charge < -0.3 is 4.42 Å². The number of aromatic amines is 2. The Morgan fingerprint density at radius 2 is 2.06 bits per heavy atom. The molecular formula is C11H8N2O4. The van der Waals surface area contributed by atoms with Gasteiger partial charge in [0.05, 0.1) is 0 Å². The third-order valence-corrected chi connectivity index (χ3v) is 2.26. The highest BCUT2D eigenvalue weighted by molar-refractivity contribution is 5.75. The molecule has 2 heterocycles. The Bertz CT molecular complexity index is 768. The highest BCUT2D eigenvalue weighted by Crippen LogP contribution is 2.10. The lowest BCUT2D eigenvalue weighted by Gasteiger charge is -2.01. The van der Waals surface area contributed by atoms with E-state index < -0.39 is 16.9 Å². The Kier molecular flexibility index (Phi) is 2.66. The van der Waals surface area contributed by atoms with Crippen molar-refractivity contribution in [2.45, 2.75) is 12.8 Å². The van der Waals surface area contributed by atoms with Crippen LogP contribution in [0.2, 0.25) is 0 Å². The minimum Gasteiger partial charge on any atom is -0.405 e. The highest BCUT2D eigenvalue weighted by Gasteiger charge is 2.10. The first kappa shape index (κ1) is 11.0. The van der Waals surface area contributed by atoms with E-state index in [1.165, 1.54) is 6.07 Å². The Balaban J connectivity index is 2.84. The first-order chi connectivity index (χ1) is 8.11. The second-order valence-electron chi connectivity index (χ2n) is 3.41. The Labute approximate surface area is 94.3 Å². The molecular weight excluding hydrogens is 224 g/mol. The molecule has 0 aliphatic rings. The Morgan fingerprint density at radius 3 is 2.76 bits per heavy atom. The standard InChI is InChI=1S/C11H8N2O4/c1-2-3-4-6-5-7(14)17-10-8(6)9(15)12-11(16)13-10/h1,5H,3-4H2,(H2,12,13,15,16). The van der Waals surface area contributed by atoms with Crippen LogP contribution in [0.4, 0.5) is 0 Å². The van der Waals surface area contributed by atoms with Gasteiger partial charge in [0.2, 0.25) is 5.71 Å². The minimum absolute atomic E-state index is 0.127. The van der Waals surface area contributed by atoms with E-state index in [-0.39, 0.29) is 11.1 Å². The first-order valence-electron chi connectivity index (χ1n) is 4.84. The van der Waals surface area contributed by atoms with Crippen molar-refractivity contribution in [1.29, 1.82) is 0 Å². The van der Waals surface area contributed by atoms with Crippen LogP contribution >= 0.6 is 0 Å². The van der Waals surface area contributed by atoms with Crippen LogP contribution in [0.5, 0.6) is 0 Å². The zero-order valence-corrected chi connectivity index (χ0v) is 8.70. The molecule has 6 heteroatoms. The largest absolute Gasteiger partial charge is 0.405 e. The molecule has 0 saturated carbocycles. The average molecular weight is 232 g/mol. The lowest BCUT2D eigenvalue weighted by molar-refractivity contribution is 0.544. The summed E-state index contributed by atoms with van der Waals surface area (Å²) in [5.74, 6) is 2.41. The predicted octanol–water partition coefficient (Wildman–Crippen LogP) is -0.265. The first-order valence-corrected chi connectivity index (χ1v) is 4.84. The van der Waals surface area contributed by atoms with Crippen LogP contribution in [0.3, 0.4) is 0 Å². The van der Waals surface area contributed by atoms with Gasteiger partial charge in [0.1, 0.15) is 5.39 Å². The maximum atomic E-state index is 11.6. The van der Waals surface area contributed by atoms with Crippen molar-refractivity contribution < 1.29 is 4.42 Å². The van der Waals surface area contributed by atoms with E-state index in [2.05, 4.69) is 15.9 Å². The summed E-state index contributed by atoms with van der Waals surface area (Å²) in [6, 6.07) is 1.20. The number of aryl methyl sites for hydroxylation is 1. The minimum atomic E-state index is -0.722. The van der Waals surface area contributed by atoms with E-state index in [9.17, 15) is 14.4 Å². The monoisotopic (exact) mass is 232 g/mol. The fourth-order valence-electron chi connectivity index (χ4n) is 1.58. The van der Waals surface area contributed by atoms with Gasteiger partial charge in [-0.25, -0.2) is 9.59 Å². The quantitative estimate of drug-likeness (QED) is 0.697. The van der Waals surface area contributed by atoms with Crippen LogP contribution in [0, 0.1) is 12.3 Å². The molecule has 2 rings (SSSR count). The van der Waals surface area contributed by atoms with Gasteiger partial charge in [-0.2, -0.15) is 0 Å². The molecule has 0 aliphatic carbocycles. The van der Waals surface area contributed by atoms with Crippen molar-refractivity contribution in [2.24, 2.45) is 0 Å². The second kappa shape index (κ2) is 4.14. The second-order valence-corrected chi connectivity index (χ2v) is 3.41. The number of fused-ring (bicyclic) bond motifs is 1. The number of rotatable bonds is 2. The Hall–Kier alpha value is -2.55. The smallest absolute Gasteiger partial charge is 0.337 e. The number of H-pyrrole nitrogens is 2. The molecule has 0 fully saturated rings. The summed E-state index contributed by atoms with van der Waals surface area (Å²) < 4.78 is 4.76. The lowest BCUT2D eigenvalue weighted by Crippen LogP contribution is -2.24. The SMILES string of the molecule is C#CCCc1cc(=O)oc2[nH]c(=O)[nH]c(=O)c12. The third-order valence-electron chi connectivity index (χ3n) is 2.26. The van der Waals surface area contributed by atoms with Gasteiger partial charge in [0.15, 0.2) is 0 Å². The van der Waals surface area contributed by atoms with Crippen LogP contribution in [-0.2, 0) is 6.42 Å². The van der Waals surface area contributed by atoms with Gasteiger partial charge in [-0.05, 0) is 12.0 Å². The van der Waals surface area contributed by atoms with Crippen molar-refractivity contribution in [3.8, 4) is 12.3 Å². The van der Waals surface area contributed by atoms with Crippen LogP contribution in [-0.4, -0.2) is 9.97 Å². The van der Waals surface area contributed by atoms with Crippen LogP contribution in [0.25, 0.3) is 11.1 Å². The van der Waals surface area contributed by atoms with E-state index in [1.54, 1.807) is 0 Å². The van der Waals surface area contributed by atoms with Crippen molar-refractivity contribution in [2.75, 3.05) is 0 Å². The average Bonchev–Trinajstić information content (AvgIpc) is 2.24. The maximum Gasteiger partial charge on any atom is 0.337 e. The molecule has 2 aromatic rings. The molecule has 0 amide bonds. The normalized spacial score (nSPS) is 10.3. The molecule has 0 atom stereocenters. The molecule has 2 N–H and O–H groups in total. The molecule has 0 aromatic carbocycles. The predicted molar refractivity (Wildman–Crippen MR) is 60.9 cm³/mol. The van der Waals surface area contributed by atoms with Crippen molar-refractivity contribution in [3.05, 3.63) is 42.9 Å². The van der Waals surface area contributed by atoms with Gasteiger partial charge >= 0.3 is 11.3 Å². The number of nitrogens with one attached hydrogen (secondary N) is 2. The van der Waals surface area contributed by atoms with E-state index in [0.717, 1.165) is 0 Å². The fraction of sp³-hybridized carbons (Fsp3) is 0.182. The van der Waals surface area contributed by atoms with E-state index in [4.69, 9.17) is 10.8 Å². The van der Waals surface area contributed by atoms with E-state index >= 15 is 0 Å². The number of aromatic nitrogens is 2. The van der Waals surface area contributed by atoms with Crippen molar-refractivity contribution >= 4 is 11.1 Å². The molecule has 0 aliphatic heterocycles. The lowest BCUT2D eigenvalue weighted by atomic mass is 10.1. The van der Waals surface area contributed by atoms with E-state index in [0.29, 0.717) is 18.4 Å². The molecule has 86 valence electrons. The maximum absolute atomic E-state index is 11.6. The molecule has 0 bridgehead atoms. The van der Waals surface area contributed by atoms with Gasteiger partial charge in [0.25, 0.3) is 5.56 Å². The number of hydrogen-bond donors (Lipinski definition) is 2. The Morgan fingerprint density at radius 1 is 1.29 bits per heavy atom. The number of hydrogen-bond acceptors (Lipinski definition) is 4. The topological polar surface area (TPSA) is 95.9 Å². The van der Waals surface area contributed by atoms with Crippen LogP contribution in [0.1, 0.15) is 12.0 Å². The number of terminal acetylenes is 1. The van der Waals surface area contributed by atoms with Gasteiger partial charge in [0, 0.05) is 12.5 Å². The van der Waals surface area contributed by atoms with Crippen molar-refractivity contribution in [3.63, 3.8) is 0 Å². The van der Waals surface area contributed by atoms with Crippen LogP contribution in [0.15, 0.2) is 24.9 Å². The summed E-state index contributed by atoms with van der Waals surface area (Å²) in [4.78, 5) is 38.2. The van der Waals surface area contributed by atoms with E-state index in [1.807, 2.05) is 0 Å². The summed E-state index contributed by atoms with van der Waals surface area (Å²) in [7, 11) is 0. The van der Waals surface area contributed by atoms with Crippen LogP contribution < -0.4 is 16.9 Å². The molecule has 6 nitrogen and oxygen atoms in total. The van der Waals surface area contributed by atoms with Gasteiger partial charge in [-0.3, -0.25) is 14.8 Å². The summed E-state index contributed by atoms with van der Waals surface area (Å²) >= 11 is 0. The van der Waals surface area contributed by atoms with Gasteiger partial charge in [-0.15, -0.1) is 12.3 Å². The molecule has 0 radical (unpaired) electrons. The molecule has 0 spiro atoms. The summed E-state index contributed by atoms with van der Waals surface area (Å²) in [5.41, 5.74) is -1.62. The molecule has 0 unspecified atom stereocenters. The molecule has 2 aromatic heterocycles. The zero-order chi connectivity index (χ0) is 12.4. The summed E-state index contributed by atoms with van der Waals surface area (Å²) in [6.07, 6.45) is 5.88. The van der Waals surface area contributed by atoms with Gasteiger partial charge in [-0.1, -0.05) is 0 Å². The molecule has 0 saturated heterocycles. The zero-order valence-electron chi connectivity index (χ0n) is 8.70.